The van der Waals surface area contributed by atoms with Gasteiger partial charge in [0.15, 0.2) is 5.78 Å². The summed E-state index contributed by atoms with van der Waals surface area (Å²) in [5, 5.41) is 21.0. The van der Waals surface area contributed by atoms with Gasteiger partial charge in [-0.1, -0.05) is 13.3 Å². The molecule has 0 atom stereocenters. The highest BCUT2D eigenvalue weighted by Gasteiger charge is 2.15. The van der Waals surface area contributed by atoms with Gasteiger partial charge >= 0.3 is 0 Å². The highest BCUT2D eigenvalue weighted by molar-refractivity contribution is 8.03. The van der Waals surface area contributed by atoms with E-state index in [2.05, 4.69) is 0 Å². The van der Waals surface area contributed by atoms with Crippen LogP contribution in [0.1, 0.15) is 42.6 Å². The molecule has 0 aliphatic rings. The molecule has 0 saturated carbocycles. The molecular formula is C21H23NO4S. The summed E-state index contributed by atoms with van der Waals surface area (Å²) in [6.45, 7) is 4.38. The third-order valence-electron chi connectivity index (χ3n) is 3.92. The highest BCUT2D eigenvalue weighted by atomic mass is 32.2. The second-order valence-corrected chi connectivity index (χ2v) is 6.82. The number of ketones is 1. The van der Waals surface area contributed by atoms with E-state index >= 15 is 0 Å². The Balaban J connectivity index is 1.87. The van der Waals surface area contributed by atoms with Gasteiger partial charge in [0, 0.05) is 16.9 Å². The fourth-order valence-electron chi connectivity index (χ4n) is 2.62. The van der Waals surface area contributed by atoms with E-state index in [4.69, 9.17) is 14.7 Å². The topological polar surface area (TPSA) is 79.5 Å². The number of benzene rings is 2. The van der Waals surface area contributed by atoms with Gasteiger partial charge in [-0.2, -0.15) is 5.26 Å². The molecule has 0 bridgehead atoms. The molecule has 0 aliphatic heterocycles. The van der Waals surface area contributed by atoms with Gasteiger partial charge in [0.25, 0.3) is 0 Å². The van der Waals surface area contributed by atoms with Crippen LogP contribution < -0.4 is 9.47 Å². The van der Waals surface area contributed by atoms with Crippen LogP contribution >= 0.6 is 11.8 Å². The summed E-state index contributed by atoms with van der Waals surface area (Å²) in [5.41, 5.74) is 1.00. The zero-order valence-corrected chi connectivity index (χ0v) is 16.3. The van der Waals surface area contributed by atoms with E-state index < -0.39 is 0 Å². The van der Waals surface area contributed by atoms with Gasteiger partial charge in [-0.15, -0.1) is 0 Å². The minimum Gasteiger partial charge on any atom is -0.507 e. The molecule has 0 aromatic heterocycles. The maximum absolute atomic E-state index is 11.6. The number of phenols is 1. The molecule has 0 radical (unpaired) electrons. The number of carbonyl (C=O) groups excluding carboxylic acids is 1. The third kappa shape index (κ3) is 5.93. The molecular weight excluding hydrogens is 362 g/mol. The van der Waals surface area contributed by atoms with Crippen molar-refractivity contribution in [3.63, 3.8) is 0 Å². The fraction of sp³-hybridized carbons (Fsp3) is 0.333. The van der Waals surface area contributed by atoms with E-state index in [1.807, 2.05) is 36.6 Å². The summed E-state index contributed by atoms with van der Waals surface area (Å²) >= 11 is 1.11. The van der Waals surface area contributed by atoms with Crippen LogP contribution in [-0.4, -0.2) is 24.1 Å². The average Bonchev–Trinajstić information content (AvgIpc) is 2.65. The lowest BCUT2D eigenvalue weighted by Gasteiger charge is -2.15. The van der Waals surface area contributed by atoms with Gasteiger partial charge in [0.05, 0.1) is 18.8 Å². The molecule has 0 spiro atoms. The fourth-order valence-corrected chi connectivity index (χ4v) is 2.99. The van der Waals surface area contributed by atoms with Crippen LogP contribution in [0.3, 0.4) is 0 Å². The Labute approximate surface area is 163 Å². The van der Waals surface area contributed by atoms with E-state index in [0.29, 0.717) is 42.9 Å². The summed E-state index contributed by atoms with van der Waals surface area (Å²) in [5.74, 6) is 1.21. The lowest BCUT2D eigenvalue weighted by molar-refractivity contribution is 0.101. The second kappa shape index (κ2) is 10.5. The Morgan fingerprint density at radius 3 is 2.48 bits per heavy atom. The Bertz CT molecular complexity index is 812. The van der Waals surface area contributed by atoms with Gasteiger partial charge in [-0.05, 0) is 61.5 Å². The van der Waals surface area contributed by atoms with Crippen LogP contribution in [0.5, 0.6) is 17.2 Å². The molecule has 0 heterocycles. The minimum absolute atomic E-state index is 0.0217. The maximum atomic E-state index is 11.6. The molecule has 2 rings (SSSR count). The number of rotatable bonds is 10. The number of Topliss-reactive ketones (excluding diaryl/α,β-unsaturated/α-hetero) is 1. The number of carbonyl (C=O) groups is 1. The van der Waals surface area contributed by atoms with Crippen LogP contribution in [0.4, 0.5) is 0 Å². The molecule has 5 nitrogen and oxygen atoms in total. The van der Waals surface area contributed by atoms with Crippen molar-refractivity contribution in [3.05, 3.63) is 47.5 Å². The standard InChI is InChI=1S/C21H23NO4S/c1-3-5-19-20(11-10-18(15(2)23)21(19)24)26-13-4-12-25-16-6-8-17(9-7-16)27-14-22/h6-11,24H,3-5,12-13H2,1-2H3. The molecule has 0 saturated heterocycles. The number of thiocyanates is 1. The largest absolute Gasteiger partial charge is 0.507 e. The number of phenolic OH excluding ortho intramolecular Hbond substituents is 1. The van der Waals surface area contributed by atoms with E-state index in [1.165, 1.54) is 6.92 Å². The Morgan fingerprint density at radius 2 is 1.85 bits per heavy atom. The Kier molecular flexibility index (Phi) is 8.02. The average molecular weight is 385 g/mol. The van der Waals surface area contributed by atoms with Crippen molar-refractivity contribution in [2.24, 2.45) is 0 Å². The van der Waals surface area contributed by atoms with Crippen LogP contribution in [0.25, 0.3) is 0 Å². The number of hydrogen-bond acceptors (Lipinski definition) is 6. The first-order chi connectivity index (χ1) is 13.1. The molecule has 0 fully saturated rings. The lowest BCUT2D eigenvalue weighted by atomic mass is 10.0. The number of nitriles is 1. The van der Waals surface area contributed by atoms with Gasteiger partial charge in [0.2, 0.25) is 0 Å². The van der Waals surface area contributed by atoms with Crippen molar-refractivity contribution in [2.75, 3.05) is 13.2 Å². The molecule has 6 heteroatoms. The number of hydrogen-bond donors (Lipinski definition) is 1. The maximum Gasteiger partial charge on any atom is 0.163 e. The molecule has 27 heavy (non-hydrogen) atoms. The van der Waals surface area contributed by atoms with E-state index in [-0.39, 0.29) is 11.5 Å². The second-order valence-electron chi connectivity index (χ2n) is 5.96. The van der Waals surface area contributed by atoms with E-state index in [9.17, 15) is 9.90 Å². The van der Waals surface area contributed by atoms with Crippen molar-refractivity contribution in [3.8, 4) is 22.6 Å². The highest BCUT2D eigenvalue weighted by Crippen LogP contribution is 2.33. The smallest absolute Gasteiger partial charge is 0.163 e. The first-order valence-electron chi connectivity index (χ1n) is 8.84. The first-order valence-corrected chi connectivity index (χ1v) is 9.65. The number of aromatic hydroxyl groups is 1. The van der Waals surface area contributed by atoms with Crippen molar-refractivity contribution < 1.29 is 19.4 Å². The van der Waals surface area contributed by atoms with Gasteiger partial charge in [-0.3, -0.25) is 4.79 Å². The Morgan fingerprint density at radius 1 is 1.15 bits per heavy atom. The summed E-state index contributed by atoms with van der Waals surface area (Å²) in [6, 6.07) is 10.7. The molecule has 2 aromatic rings. The number of ether oxygens (including phenoxy) is 2. The summed E-state index contributed by atoms with van der Waals surface area (Å²) in [4.78, 5) is 12.5. The number of nitrogens with zero attached hydrogens (tertiary/aromatic N) is 1. The van der Waals surface area contributed by atoms with Crippen molar-refractivity contribution in [1.82, 2.24) is 0 Å². The summed E-state index contributed by atoms with van der Waals surface area (Å²) in [6.07, 6.45) is 2.16. The van der Waals surface area contributed by atoms with Crippen LogP contribution in [-0.2, 0) is 6.42 Å². The van der Waals surface area contributed by atoms with Crippen LogP contribution in [0, 0.1) is 10.7 Å². The predicted octanol–water partition coefficient (Wildman–Crippen LogP) is 4.97. The van der Waals surface area contributed by atoms with Gasteiger partial charge in [0.1, 0.15) is 22.6 Å². The van der Waals surface area contributed by atoms with E-state index in [0.717, 1.165) is 28.8 Å². The quantitative estimate of drug-likeness (QED) is 0.269. The third-order valence-corrected chi connectivity index (χ3v) is 4.52. The zero-order chi connectivity index (χ0) is 19.6. The number of thioether (sulfide) groups is 1. The van der Waals surface area contributed by atoms with Crippen molar-refractivity contribution in [1.29, 1.82) is 5.26 Å². The molecule has 0 aliphatic carbocycles. The lowest BCUT2D eigenvalue weighted by Crippen LogP contribution is -2.07. The van der Waals surface area contributed by atoms with Crippen LogP contribution in [0.2, 0.25) is 0 Å². The molecule has 1 N–H and O–H groups in total. The molecule has 0 unspecified atom stereocenters. The van der Waals surface area contributed by atoms with Crippen molar-refractivity contribution >= 4 is 17.5 Å². The molecule has 2 aromatic carbocycles. The SMILES string of the molecule is CCCc1c(OCCCOc2ccc(SC#N)cc2)ccc(C(C)=O)c1O. The monoisotopic (exact) mass is 385 g/mol. The zero-order valence-electron chi connectivity index (χ0n) is 15.5. The Hall–Kier alpha value is -2.65. The summed E-state index contributed by atoms with van der Waals surface area (Å²) in [7, 11) is 0. The van der Waals surface area contributed by atoms with Crippen molar-refractivity contribution in [2.45, 2.75) is 38.0 Å². The van der Waals surface area contributed by atoms with Crippen LogP contribution in [0.15, 0.2) is 41.3 Å². The van der Waals surface area contributed by atoms with Gasteiger partial charge < -0.3 is 14.6 Å². The predicted molar refractivity (Wildman–Crippen MR) is 106 cm³/mol. The normalized spacial score (nSPS) is 10.3. The first kappa shape index (κ1) is 20.7. The summed E-state index contributed by atoms with van der Waals surface area (Å²) < 4.78 is 11.5. The molecule has 142 valence electrons. The van der Waals surface area contributed by atoms with E-state index in [1.54, 1.807) is 12.1 Å². The molecule has 0 amide bonds. The van der Waals surface area contributed by atoms with Gasteiger partial charge in [-0.25, -0.2) is 0 Å². The minimum atomic E-state index is -0.163.